The summed E-state index contributed by atoms with van der Waals surface area (Å²) >= 11 is 0. The third-order valence-corrected chi connectivity index (χ3v) is 4.03. The van der Waals surface area contributed by atoms with E-state index in [1.807, 2.05) is 0 Å². The molecule has 1 fully saturated rings. The van der Waals surface area contributed by atoms with Crippen LogP contribution in [-0.2, 0) is 13.1 Å². The molecule has 4 nitrogen and oxygen atoms in total. The first-order chi connectivity index (χ1) is 10.7. The molecule has 1 aliphatic heterocycles. The molecule has 0 aromatic heterocycles. The van der Waals surface area contributed by atoms with Crippen LogP contribution in [0.5, 0.6) is 0 Å². The van der Waals surface area contributed by atoms with Gasteiger partial charge in [-0.05, 0) is 36.4 Å². The van der Waals surface area contributed by atoms with Crippen molar-refractivity contribution in [3.63, 3.8) is 0 Å². The fraction of sp³-hybridized carbons (Fsp3) is 0.500. The number of benzene rings is 1. The summed E-state index contributed by atoms with van der Waals surface area (Å²) in [5.41, 5.74) is 2.46. The summed E-state index contributed by atoms with van der Waals surface area (Å²) in [6.07, 6.45) is 4.33. The summed E-state index contributed by atoms with van der Waals surface area (Å²) in [4.78, 5) is 14.0. The van der Waals surface area contributed by atoms with E-state index in [1.54, 1.807) is 6.08 Å². The van der Waals surface area contributed by atoms with Gasteiger partial charge in [-0.15, -0.1) is 6.58 Å². The standard InChI is InChI=1S/C18H27N3O/c1-3-10-19-18(22)20-12-16-6-8-17(9-7-16)14-21-11-4-5-15(2)13-21/h3,6-9,15H,1,4-5,10-14H2,2H3,(H2,19,20,22). The molecule has 1 aliphatic rings. The van der Waals surface area contributed by atoms with E-state index in [-0.39, 0.29) is 6.03 Å². The second kappa shape index (κ2) is 8.59. The summed E-state index contributed by atoms with van der Waals surface area (Å²) in [6, 6.07) is 8.36. The van der Waals surface area contributed by atoms with E-state index in [4.69, 9.17) is 0 Å². The Kier molecular flexibility index (Phi) is 6.46. The van der Waals surface area contributed by atoms with Crippen molar-refractivity contribution >= 4 is 6.03 Å². The van der Waals surface area contributed by atoms with Crippen molar-refractivity contribution in [2.75, 3.05) is 19.6 Å². The topological polar surface area (TPSA) is 44.4 Å². The van der Waals surface area contributed by atoms with Crippen LogP contribution in [0.3, 0.4) is 0 Å². The zero-order valence-electron chi connectivity index (χ0n) is 13.5. The van der Waals surface area contributed by atoms with Gasteiger partial charge in [0.15, 0.2) is 0 Å². The molecule has 2 N–H and O–H groups in total. The zero-order valence-corrected chi connectivity index (χ0v) is 13.5. The van der Waals surface area contributed by atoms with Gasteiger partial charge in [0.25, 0.3) is 0 Å². The Morgan fingerprint density at radius 2 is 2.05 bits per heavy atom. The van der Waals surface area contributed by atoms with Crippen molar-refractivity contribution in [3.05, 3.63) is 48.0 Å². The molecule has 2 amide bonds. The van der Waals surface area contributed by atoms with Crippen LogP contribution in [0.25, 0.3) is 0 Å². The third-order valence-electron chi connectivity index (χ3n) is 4.03. The number of nitrogens with zero attached hydrogens (tertiary/aromatic N) is 1. The van der Waals surface area contributed by atoms with Crippen molar-refractivity contribution in [1.82, 2.24) is 15.5 Å². The first-order valence-electron chi connectivity index (χ1n) is 8.10. The number of carbonyl (C=O) groups excluding carboxylic acids is 1. The van der Waals surface area contributed by atoms with Crippen molar-refractivity contribution in [2.45, 2.75) is 32.9 Å². The summed E-state index contributed by atoms with van der Waals surface area (Å²) in [6.45, 7) is 10.4. The monoisotopic (exact) mass is 301 g/mol. The second-order valence-corrected chi connectivity index (χ2v) is 6.15. The van der Waals surface area contributed by atoms with Gasteiger partial charge in [0, 0.05) is 26.2 Å². The minimum Gasteiger partial charge on any atom is -0.335 e. The fourth-order valence-electron chi connectivity index (χ4n) is 2.86. The van der Waals surface area contributed by atoms with Crippen LogP contribution in [0.4, 0.5) is 4.79 Å². The summed E-state index contributed by atoms with van der Waals surface area (Å²) in [5.74, 6) is 0.811. The van der Waals surface area contributed by atoms with Gasteiger partial charge < -0.3 is 10.6 Å². The SMILES string of the molecule is C=CCNC(=O)NCc1ccc(CN2CCCC(C)C2)cc1. The molecule has 1 aromatic rings. The Hall–Kier alpha value is -1.81. The number of amides is 2. The average Bonchev–Trinajstić information content (AvgIpc) is 2.52. The number of hydrogen-bond acceptors (Lipinski definition) is 2. The van der Waals surface area contributed by atoms with Crippen molar-refractivity contribution in [1.29, 1.82) is 0 Å². The highest BCUT2D eigenvalue weighted by molar-refractivity contribution is 5.73. The first kappa shape index (κ1) is 16.6. The number of rotatable bonds is 6. The molecular weight excluding hydrogens is 274 g/mol. The van der Waals surface area contributed by atoms with Crippen LogP contribution in [-0.4, -0.2) is 30.6 Å². The molecule has 1 unspecified atom stereocenters. The predicted molar refractivity (Wildman–Crippen MR) is 90.6 cm³/mol. The second-order valence-electron chi connectivity index (χ2n) is 6.15. The Balaban J connectivity index is 1.77. The Bertz CT molecular complexity index is 484. The predicted octanol–water partition coefficient (Wildman–Crippen LogP) is 2.90. The number of carbonyl (C=O) groups is 1. The summed E-state index contributed by atoms with van der Waals surface area (Å²) in [5, 5.41) is 5.53. The largest absolute Gasteiger partial charge is 0.335 e. The summed E-state index contributed by atoms with van der Waals surface area (Å²) in [7, 11) is 0. The molecule has 1 atom stereocenters. The van der Waals surface area contributed by atoms with E-state index in [2.05, 4.69) is 53.3 Å². The number of hydrogen-bond donors (Lipinski definition) is 2. The van der Waals surface area contributed by atoms with Crippen LogP contribution in [0, 0.1) is 5.92 Å². The number of piperidine rings is 1. The maximum absolute atomic E-state index is 11.5. The lowest BCUT2D eigenvalue weighted by atomic mass is 9.99. The highest BCUT2D eigenvalue weighted by Gasteiger charge is 2.15. The maximum atomic E-state index is 11.5. The van der Waals surface area contributed by atoms with E-state index in [1.165, 1.54) is 31.5 Å². The summed E-state index contributed by atoms with van der Waals surface area (Å²) < 4.78 is 0. The lowest BCUT2D eigenvalue weighted by molar-refractivity contribution is 0.176. The minimum absolute atomic E-state index is 0.161. The quantitative estimate of drug-likeness (QED) is 0.794. The molecule has 0 saturated carbocycles. The zero-order chi connectivity index (χ0) is 15.8. The molecule has 1 saturated heterocycles. The minimum atomic E-state index is -0.161. The highest BCUT2D eigenvalue weighted by Crippen LogP contribution is 2.18. The molecule has 0 bridgehead atoms. The molecule has 4 heteroatoms. The number of urea groups is 1. The van der Waals surface area contributed by atoms with Crippen LogP contribution < -0.4 is 10.6 Å². The molecule has 0 radical (unpaired) electrons. The van der Waals surface area contributed by atoms with E-state index < -0.39 is 0 Å². The Labute approximate surface area is 133 Å². The molecule has 22 heavy (non-hydrogen) atoms. The highest BCUT2D eigenvalue weighted by atomic mass is 16.2. The lowest BCUT2D eigenvalue weighted by Crippen LogP contribution is -2.35. The van der Waals surface area contributed by atoms with E-state index in [9.17, 15) is 4.79 Å². The van der Waals surface area contributed by atoms with Gasteiger partial charge in [-0.1, -0.05) is 37.3 Å². The van der Waals surface area contributed by atoms with Gasteiger partial charge in [-0.3, -0.25) is 4.90 Å². The normalized spacial score (nSPS) is 18.7. The van der Waals surface area contributed by atoms with Gasteiger partial charge in [0.2, 0.25) is 0 Å². The molecule has 1 aromatic carbocycles. The molecule has 0 aliphatic carbocycles. The maximum Gasteiger partial charge on any atom is 0.315 e. The molecule has 1 heterocycles. The van der Waals surface area contributed by atoms with Crippen molar-refractivity contribution < 1.29 is 4.79 Å². The van der Waals surface area contributed by atoms with Gasteiger partial charge >= 0.3 is 6.03 Å². The van der Waals surface area contributed by atoms with Crippen LogP contribution in [0.2, 0.25) is 0 Å². The van der Waals surface area contributed by atoms with Crippen molar-refractivity contribution in [2.24, 2.45) is 5.92 Å². The Morgan fingerprint density at radius 1 is 1.32 bits per heavy atom. The molecule has 2 rings (SSSR count). The lowest BCUT2D eigenvalue weighted by Gasteiger charge is -2.30. The smallest absolute Gasteiger partial charge is 0.315 e. The Morgan fingerprint density at radius 3 is 2.73 bits per heavy atom. The van der Waals surface area contributed by atoms with Gasteiger partial charge in [0.05, 0.1) is 0 Å². The van der Waals surface area contributed by atoms with Crippen LogP contribution in [0.15, 0.2) is 36.9 Å². The molecular formula is C18H27N3O. The van der Waals surface area contributed by atoms with Gasteiger partial charge in [-0.25, -0.2) is 4.79 Å². The van der Waals surface area contributed by atoms with E-state index in [0.717, 1.165) is 18.0 Å². The van der Waals surface area contributed by atoms with Gasteiger partial charge in [0.1, 0.15) is 0 Å². The van der Waals surface area contributed by atoms with Crippen LogP contribution >= 0.6 is 0 Å². The third kappa shape index (κ3) is 5.53. The van der Waals surface area contributed by atoms with Gasteiger partial charge in [-0.2, -0.15) is 0 Å². The first-order valence-corrected chi connectivity index (χ1v) is 8.10. The van der Waals surface area contributed by atoms with E-state index in [0.29, 0.717) is 13.1 Å². The molecule has 120 valence electrons. The average molecular weight is 301 g/mol. The molecule has 0 spiro atoms. The number of likely N-dealkylation sites (tertiary alicyclic amines) is 1. The fourth-order valence-corrected chi connectivity index (χ4v) is 2.86. The van der Waals surface area contributed by atoms with E-state index >= 15 is 0 Å². The van der Waals surface area contributed by atoms with Crippen molar-refractivity contribution in [3.8, 4) is 0 Å². The van der Waals surface area contributed by atoms with Crippen LogP contribution in [0.1, 0.15) is 30.9 Å². The number of nitrogens with one attached hydrogen (secondary N) is 2.